The molecular formula is C8H9F2NOS. The molecule has 0 radical (unpaired) electrons. The van der Waals surface area contributed by atoms with E-state index in [1.807, 2.05) is 0 Å². The van der Waals surface area contributed by atoms with Gasteiger partial charge in [-0.05, 0) is 24.6 Å². The fourth-order valence-corrected chi connectivity index (χ4v) is 1.77. The summed E-state index contributed by atoms with van der Waals surface area (Å²) in [6.07, 6.45) is 0. The maximum Gasteiger partial charge on any atom is 0.316 e. The molecule has 72 valence electrons. The van der Waals surface area contributed by atoms with Gasteiger partial charge >= 0.3 is 5.76 Å². The van der Waals surface area contributed by atoms with Crippen LogP contribution < -0.4 is 5.73 Å². The fraction of sp³-hybridized carbons (Fsp3) is 0.250. The van der Waals surface area contributed by atoms with Crippen LogP contribution in [-0.4, -0.2) is 9.97 Å². The van der Waals surface area contributed by atoms with Gasteiger partial charge < -0.3 is 5.73 Å². The minimum Gasteiger partial charge on any atom is -0.398 e. The Labute approximate surface area is 77.2 Å². The third kappa shape index (κ3) is 2.03. The van der Waals surface area contributed by atoms with Gasteiger partial charge in [-0.3, -0.25) is 0 Å². The number of nitrogens with two attached hydrogens (primary N) is 1. The first-order valence-corrected chi connectivity index (χ1v) is 4.79. The van der Waals surface area contributed by atoms with Gasteiger partial charge in [0, 0.05) is 10.6 Å². The van der Waals surface area contributed by atoms with Crippen LogP contribution in [0.5, 0.6) is 0 Å². The summed E-state index contributed by atoms with van der Waals surface area (Å²) in [4.78, 5) is 0.106. The van der Waals surface area contributed by atoms with Crippen LogP contribution in [0, 0.1) is 6.92 Å². The monoisotopic (exact) mass is 205 g/mol. The van der Waals surface area contributed by atoms with Crippen molar-refractivity contribution in [3.63, 3.8) is 0 Å². The lowest BCUT2D eigenvalue weighted by atomic mass is 10.2. The van der Waals surface area contributed by atoms with Crippen molar-refractivity contribution >= 4 is 16.5 Å². The molecule has 2 N–H and O–H groups in total. The first-order valence-electron chi connectivity index (χ1n) is 3.58. The smallest absolute Gasteiger partial charge is 0.316 e. The summed E-state index contributed by atoms with van der Waals surface area (Å²) >= 11 is 0. The van der Waals surface area contributed by atoms with Crippen LogP contribution in [-0.2, 0) is 10.8 Å². The number of hydrogen-bond donors (Lipinski definition) is 1. The molecule has 13 heavy (non-hydrogen) atoms. The Bertz CT molecular complexity index is 341. The topological polar surface area (TPSA) is 43.1 Å². The second kappa shape index (κ2) is 3.83. The Balaban J connectivity index is 3.15. The van der Waals surface area contributed by atoms with Gasteiger partial charge in [0.2, 0.25) is 0 Å². The number of rotatable bonds is 2. The maximum absolute atomic E-state index is 12.1. The van der Waals surface area contributed by atoms with Gasteiger partial charge in [-0.15, -0.1) is 0 Å². The van der Waals surface area contributed by atoms with Crippen molar-refractivity contribution in [2.75, 3.05) is 5.73 Å². The summed E-state index contributed by atoms with van der Waals surface area (Å²) < 4.78 is 35.2. The van der Waals surface area contributed by atoms with Crippen molar-refractivity contribution in [1.29, 1.82) is 0 Å². The minimum atomic E-state index is -2.86. The van der Waals surface area contributed by atoms with Crippen LogP contribution in [0.4, 0.5) is 14.5 Å². The van der Waals surface area contributed by atoms with Gasteiger partial charge in [-0.25, -0.2) is 4.21 Å². The molecule has 1 atom stereocenters. The highest BCUT2D eigenvalue weighted by Gasteiger charge is 2.17. The number of benzene rings is 1. The molecule has 0 aliphatic rings. The van der Waals surface area contributed by atoms with Crippen molar-refractivity contribution in [1.82, 2.24) is 0 Å². The van der Waals surface area contributed by atoms with Crippen molar-refractivity contribution in [2.45, 2.75) is 17.6 Å². The Kier molecular flexibility index (Phi) is 2.98. The molecule has 5 heteroatoms. The largest absolute Gasteiger partial charge is 0.398 e. The summed E-state index contributed by atoms with van der Waals surface area (Å²) in [5.74, 6) is -2.86. The number of hydrogen-bond acceptors (Lipinski definition) is 2. The molecule has 2 nitrogen and oxygen atoms in total. The number of alkyl halides is 2. The molecule has 0 bridgehead atoms. The van der Waals surface area contributed by atoms with Crippen LogP contribution in [0.3, 0.4) is 0 Å². The normalized spacial score (nSPS) is 13.2. The second-order valence-corrected chi connectivity index (χ2v) is 3.92. The van der Waals surface area contributed by atoms with Crippen LogP contribution in [0.25, 0.3) is 0 Å². The van der Waals surface area contributed by atoms with Crippen molar-refractivity contribution < 1.29 is 13.0 Å². The van der Waals surface area contributed by atoms with Crippen LogP contribution >= 0.6 is 0 Å². The van der Waals surface area contributed by atoms with Crippen molar-refractivity contribution in [3.8, 4) is 0 Å². The van der Waals surface area contributed by atoms with Gasteiger partial charge in [0.05, 0.1) is 0 Å². The van der Waals surface area contributed by atoms with Crippen LogP contribution in [0.1, 0.15) is 5.56 Å². The summed E-state index contributed by atoms with van der Waals surface area (Å²) in [6, 6.07) is 4.49. The summed E-state index contributed by atoms with van der Waals surface area (Å²) in [5.41, 5.74) is 6.32. The molecule has 0 aliphatic heterocycles. The molecule has 0 saturated heterocycles. The first-order chi connectivity index (χ1) is 6.04. The third-order valence-electron chi connectivity index (χ3n) is 1.70. The van der Waals surface area contributed by atoms with E-state index in [9.17, 15) is 13.0 Å². The van der Waals surface area contributed by atoms with Gasteiger partial charge in [0.1, 0.15) is 10.8 Å². The Morgan fingerprint density at radius 2 is 2.08 bits per heavy atom. The van der Waals surface area contributed by atoms with E-state index in [1.165, 1.54) is 12.1 Å². The first kappa shape index (κ1) is 10.1. The summed E-state index contributed by atoms with van der Waals surface area (Å²) in [7, 11) is -2.27. The fourth-order valence-electron chi connectivity index (χ4n) is 0.945. The van der Waals surface area contributed by atoms with E-state index in [0.29, 0.717) is 11.3 Å². The average Bonchev–Trinajstić information content (AvgIpc) is 2.08. The number of halogens is 2. The highest BCUT2D eigenvalue weighted by atomic mass is 32.2. The van der Waals surface area contributed by atoms with E-state index in [0.717, 1.165) is 0 Å². The van der Waals surface area contributed by atoms with Gasteiger partial charge in [-0.2, -0.15) is 8.78 Å². The van der Waals surface area contributed by atoms with E-state index in [4.69, 9.17) is 5.73 Å². The highest BCUT2D eigenvalue weighted by molar-refractivity contribution is 7.85. The predicted octanol–water partition coefficient (Wildman–Crippen LogP) is 1.91. The molecule has 0 heterocycles. The predicted molar refractivity (Wildman–Crippen MR) is 48.0 cm³/mol. The lowest BCUT2D eigenvalue weighted by Gasteiger charge is -2.06. The minimum absolute atomic E-state index is 0.106. The molecular weight excluding hydrogens is 196 g/mol. The van der Waals surface area contributed by atoms with E-state index >= 15 is 0 Å². The highest BCUT2D eigenvalue weighted by Crippen LogP contribution is 2.21. The second-order valence-electron chi connectivity index (χ2n) is 2.53. The van der Waals surface area contributed by atoms with E-state index in [2.05, 4.69) is 0 Å². The number of anilines is 1. The third-order valence-corrected chi connectivity index (χ3v) is 2.90. The zero-order valence-corrected chi connectivity index (χ0v) is 7.78. The van der Waals surface area contributed by atoms with Crippen molar-refractivity contribution in [2.24, 2.45) is 0 Å². The molecule has 0 aromatic heterocycles. The molecule has 0 amide bonds. The van der Waals surface area contributed by atoms with E-state index in [-0.39, 0.29) is 4.90 Å². The summed E-state index contributed by atoms with van der Waals surface area (Å²) in [6.45, 7) is 1.57. The summed E-state index contributed by atoms with van der Waals surface area (Å²) in [5, 5.41) is 0. The molecule has 0 aliphatic carbocycles. The molecule has 1 unspecified atom stereocenters. The Hall–Kier alpha value is -0.970. The van der Waals surface area contributed by atoms with Crippen molar-refractivity contribution in [3.05, 3.63) is 23.8 Å². The zero-order valence-electron chi connectivity index (χ0n) is 6.96. The molecule has 1 aromatic carbocycles. The number of nitrogen functional groups attached to an aromatic ring is 1. The maximum atomic E-state index is 12.1. The van der Waals surface area contributed by atoms with Crippen LogP contribution in [0.15, 0.2) is 23.1 Å². The SMILES string of the molecule is Cc1c(N)cccc1S(=O)C(F)F. The van der Waals surface area contributed by atoms with Gasteiger partial charge in [0.15, 0.2) is 0 Å². The molecule has 1 rings (SSSR count). The Morgan fingerprint density at radius 1 is 1.46 bits per heavy atom. The van der Waals surface area contributed by atoms with Gasteiger partial charge in [-0.1, -0.05) is 6.07 Å². The quantitative estimate of drug-likeness (QED) is 0.749. The van der Waals surface area contributed by atoms with Gasteiger partial charge in [0.25, 0.3) is 0 Å². The molecule has 0 saturated carbocycles. The molecule has 0 spiro atoms. The molecule has 1 aromatic rings. The Morgan fingerprint density at radius 3 is 2.62 bits per heavy atom. The van der Waals surface area contributed by atoms with E-state index in [1.54, 1.807) is 13.0 Å². The lowest BCUT2D eigenvalue weighted by Crippen LogP contribution is -2.05. The molecule has 0 fully saturated rings. The van der Waals surface area contributed by atoms with E-state index < -0.39 is 16.6 Å². The standard InChI is InChI=1S/C8H9F2NOS/c1-5-6(11)3-2-4-7(5)13(12)8(9)10/h2-4,8H,11H2,1H3. The average molecular weight is 205 g/mol. The van der Waals surface area contributed by atoms with Crippen LogP contribution in [0.2, 0.25) is 0 Å². The zero-order chi connectivity index (χ0) is 10.0. The lowest BCUT2D eigenvalue weighted by molar-refractivity contribution is 0.244.